The van der Waals surface area contributed by atoms with Gasteiger partial charge >= 0.3 is 0 Å². The first-order chi connectivity index (χ1) is 14.2. The molecule has 1 heterocycles. The van der Waals surface area contributed by atoms with Crippen molar-refractivity contribution >= 4 is 10.9 Å². The lowest BCUT2D eigenvalue weighted by Crippen LogP contribution is -1.99. The van der Waals surface area contributed by atoms with Gasteiger partial charge in [0, 0.05) is 22.7 Å². The molecular formula is C24H22F2N2O. The zero-order chi connectivity index (χ0) is 20.2. The highest BCUT2D eigenvalue weighted by Crippen LogP contribution is 2.35. The third kappa shape index (κ3) is 4.15. The van der Waals surface area contributed by atoms with Gasteiger partial charge in [0.1, 0.15) is 23.1 Å². The third-order valence-electron chi connectivity index (χ3n) is 4.91. The largest absolute Gasteiger partial charge is 0.457 e. The van der Waals surface area contributed by atoms with Crippen LogP contribution in [0.4, 0.5) is 8.78 Å². The minimum atomic E-state index is -0.594. The molecule has 0 fully saturated rings. The van der Waals surface area contributed by atoms with E-state index < -0.39 is 11.6 Å². The van der Waals surface area contributed by atoms with Gasteiger partial charge in [0.05, 0.1) is 5.52 Å². The van der Waals surface area contributed by atoms with Crippen molar-refractivity contribution in [1.29, 1.82) is 0 Å². The van der Waals surface area contributed by atoms with Crippen LogP contribution in [0.1, 0.15) is 18.4 Å². The van der Waals surface area contributed by atoms with Gasteiger partial charge < -0.3 is 15.5 Å². The van der Waals surface area contributed by atoms with Crippen LogP contribution in [0.15, 0.2) is 66.7 Å². The topological polar surface area (TPSA) is 51.0 Å². The minimum absolute atomic E-state index is 0.318. The van der Waals surface area contributed by atoms with Gasteiger partial charge in [0.25, 0.3) is 0 Å². The monoisotopic (exact) mass is 392 g/mol. The first-order valence-electron chi connectivity index (χ1n) is 9.68. The lowest BCUT2D eigenvalue weighted by atomic mass is 10.00. The van der Waals surface area contributed by atoms with Crippen LogP contribution in [0.3, 0.4) is 0 Å². The van der Waals surface area contributed by atoms with Gasteiger partial charge in [-0.15, -0.1) is 0 Å². The summed E-state index contributed by atoms with van der Waals surface area (Å²) in [5, 5.41) is 0.573. The number of rotatable bonds is 7. The molecule has 0 atom stereocenters. The number of benzene rings is 3. The SMILES string of the molecule is NCCCCc1c(-c2cccc(Oc3ccccc3)c2)[nH]c2c(F)cc(F)cc12. The summed E-state index contributed by atoms with van der Waals surface area (Å²) in [5.74, 6) is 0.231. The van der Waals surface area contributed by atoms with Crippen molar-refractivity contribution in [2.24, 2.45) is 5.73 Å². The predicted molar refractivity (Wildman–Crippen MR) is 112 cm³/mol. The van der Waals surface area contributed by atoms with E-state index in [1.54, 1.807) is 0 Å². The molecule has 0 spiro atoms. The summed E-state index contributed by atoms with van der Waals surface area (Å²) in [5.41, 5.74) is 8.47. The normalized spacial score (nSPS) is 11.1. The number of hydrogen-bond donors (Lipinski definition) is 2. The van der Waals surface area contributed by atoms with E-state index in [1.807, 2.05) is 54.6 Å². The number of para-hydroxylation sites is 1. The van der Waals surface area contributed by atoms with Crippen molar-refractivity contribution in [1.82, 2.24) is 4.98 Å². The summed E-state index contributed by atoms with van der Waals surface area (Å²) in [4.78, 5) is 3.17. The van der Waals surface area contributed by atoms with Gasteiger partial charge in [-0.1, -0.05) is 30.3 Å². The fourth-order valence-corrected chi connectivity index (χ4v) is 3.57. The smallest absolute Gasteiger partial charge is 0.150 e. The van der Waals surface area contributed by atoms with E-state index in [2.05, 4.69) is 4.98 Å². The fourth-order valence-electron chi connectivity index (χ4n) is 3.57. The molecule has 0 aliphatic carbocycles. The van der Waals surface area contributed by atoms with E-state index in [0.717, 1.165) is 41.5 Å². The number of nitrogens with one attached hydrogen (secondary N) is 1. The van der Waals surface area contributed by atoms with Crippen molar-refractivity contribution in [2.75, 3.05) is 6.54 Å². The van der Waals surface area contributed by atoms with Crippen LogP contribution in [0.2, 0.25) is 0 Å². The zero-order valence-electron chi connectivity index (χ0n) is 15.9. The molecule has 0 amide bonds. The van der Waals surface area contributed by atoms with Crippen LogP contribution in [0.5, 0.6) is 11.5 Å². The number of hydrogen-bond acceptors (Lipinski definition) is 2. The van der Waals surface area contributed by atoms with Gasteiger partial charge in [-0.25, -0.2) is 8.78 Å². The molecule has 3 aromatic carbocycles. The molecule has 0 saturated carbocycles. The van der Waals surface area contributed by atoms with Crippen molar-refractivity contribution in [2.45, 2.75) is 19.3 Å². The Morgan fingerprint density at radius 3 is 2.45 bits per heavy atom. The van der Waals surface area contributed by atoms with Crippen molar-refractivity contribution in [3.8, 4) is 22.8 Å². The summed E-state index contributed by atoms with van der Waals surface area (Å²) in [7, 11) is 0. The second-order valence-electron chi connectivity index (χ2n) is 6.98. The Balaban J connectivity index is 1.77. The quantitative estimate of drug-likeness (QED) is 0.369. The highest BCUT2D eigenvalue weighted by Gasteiger charge is 2.17. The average Bonchev–Trinajstić information content (AvgIpc) is 3.08. The number of halogens is 2. The molecule has 3 nitrogen and oxygen atoms in total. The van der Waals surface area contributed by atoms with E-state index in [-0.39, 0.29) is 0 Å². The molecule has 4 rings (SSSR count). The Morgan fingerprint density at radius 1 is 0.862 bits per heavy atom. The van der Waals surface area contributed by atoms with E-state index in [4.69, 9.17) is 10.5 Å². The van der Waals surface area contributed by atoms with Gasteiger partial charge in [0.2, 0.25) is 0 Å². The molecule has 29 heavy (non-hydrogen) atoms. The molecule has 0 aliphatic heterocycles. The Bertz CT molecular complexity index is 1120. The van der Waals surface area contributed by atoms with Crippen LogP contribution in [-0.4, -0.2) is 11.5 Å². The fraction of sp³-hybridized carbons (Fsp3) is 0.167. The summed E-state index contributed by atoms with van der Waals surface area (Å²) < 4.78 is 34.2. The number of unbranched alkanes of at least 4 members (excludes halogenated alkanes) is 1. The molecule has 5 heteroatoms. The van der Waals surface area contributed by atoms with E-state index in [1.165, 1.54) is 6.07 Å². The molecule has 4 aromatic rings. The van der Waals surface area contributed by atoms with Crippen LogP contribution >= 0.6 is 0 Å². The van der Waals surface area contributed by atoms with Crippen LogP contribution in [0.25, 0.3) is 22.2 Å². The number of aromatic amines is 1. The highest BCUT2D eigenvalue weighted by molar-refractivity contribution is 5.91. The van der Waals surface area contributed by atoms with Crippen LogP contribution in [-0.2, 0) is 6.42 Å². The maximum absolute atomic E-state index is 14.4. The van der Waals surface area contributed by atoms with Crippen LogP contribution < -0.4 is 10.5 Å². The average molecular weight is 392 g/mol. The Hall–Kier alpha value is -3.18. The molecule has 1 aromatic heterocycles. The number of aryl methyl sites for hydroxylation is 1. The number of nitrogens with two attached hydrogens (primary N) is 1. The van der Waals surface area contributed by atoms with Crippen molar-refractivity contribution in [3.05, 3.63) is 83.9 Å². The Morgan fingerprint density at radius 2 is 1.66 bits per heavy atom. The van der Waals surface area contributed by atoms with E-state index >= 15 is 0 Å². The molecule has 0 bridgehead atoms. The third-order valence-corrected chi connectivity index (χ3v) is 4.91. The molecule has 0 unspecified atom stereocenters. The van der Waals surface area contributed by atoms with Crippen molar-refractivity contribution in [3.63, 3.8) is 0 Å². The summed E-state index contributed by atoms with van der Waals surface area (Å²) >= 11 is 0. The number of aromatic nitrogens is 1. The van der Waals surface area contributed by atoms with Gasteiger partial charge in [-0.3, -0.25) is 0 Å². The molecular weight excluding hydrogens is 370 g/mol. The first kappa shape index (κ1) is 19.2. The van der Waals surface area contributed by atoms with Crippen molar-refractivity contribution < 1.29 is 13.5 Å². The summed E-state index contributed by atoms with van der Waals surface area (Å²) in [6.07, 6.45) is 2.37. The maximum Gasteiger partial charge on any atom is 0.150 e. The summed E-state index contributed by atoms with van der Waals surface area (Å²) in [6, 6.07) is 19.4. The zero-order valence-corrected chi connectivity index (χ0v) is 15.9. The molecule has 148 valence electrons. The standard InChI is InChI=1S/C24H22F2N2O/c25-17-14-21-20(11-4-5-12-27)23(28-24(21)22(26)15-17)16-7-6-10-19(13-16)29-18-8-2-1-3-9-18/h1-3,6-10,13-15,28H,4-5,11-12,27H2. The van der Waals surface area contributed by atoms with Gasteiger partial charge in [0.15, 0.2) is 0 Å². The second-order valence-corrected chi connectivity index (χ2v) is 6.98. The molecule has 0 radical (unpaired) electrons. The molecule has 0 aliphatic rings. The van der Waals surface area contributed by atoms with Crippen LogP contribution in [0, 0.1) is 11.6 Å². The predicted octanol–water partition coefficient (Wildman–Crippen LogP) is 6.19. The Labute approximate surface area is 168 Å². The second kappa shape index (κ2) is 8.45. The number of ether oxygens (including phenoxy) is 1. The summed E-state index contributed by atoms with van der Waals surface area (Å²) in [6.45, 7) is 0.584. The number of fused-ring (bicyclic) bond motifs is 1. The van der Waals surface area contributed by atoms with E-state index in [9.17, 15) is 8.78 Å². The van der Waals surface area contributed by atoms with Gasteiger partial charge in [-0.2, -0.15) is 0 Å². The minimum Gasteiger partial charge on any atom is -0.457 e. The maximum atomic E-state index is 14.4. The number of H-pyrrole nitrogens is 1. The lowest BCUT2D eigenvalue weighted by molar-refractivity contribution is 0.483. The highest BCUT2D eigenvalue weighted by atomic mass is 19.1. The van der Waals surface area contributed by atoms with E-state index in [0.29, 0.717) is 29.6 Å². The Kier molecular flexibility index (Phi) is 5.58. The molecule has 0 saturated heterocycles. The molecule has 3 N–H and O–H groups in total. The lowest BCUT2D eigenvalue weighted by Gasteiger charge is -2.09. The van der Waals surface area contributed by atoms with Gasteiger partial charge in [-0.05, 0) is 61.7 Å². The first-order valence-corrected chi connectivity index (χ1v) is 9.68.